The van der Waals surface area contributed by atoms with Gasteiger partial charge in [0.2, 0.25) is 5.88 Å². The van der Waals surface area contributed by atoms with Gasteiger partial charge >= 0.3 is 6.18 Å². The predicted molar refractivity (Wildman–Crippen MR) is 104 cm³/mol. The smallest absolute Gasteiger partial charge is 0.417 e. The number of alkyl halides is 3. The number of pyridine rings is 2. The zero-order chi connectivity index (χ0) is 21.9. The van der Waals surface area contributed by atoms with Crippen LogP contribution in [0.25, 0.3) is 10.9 Å². The van der Waals surface area contributed by atoms with Crippen LogP contribution in [0.2, 0.25) is 0 Å². The second-order valence-corrected chi connectivity index (χ2v) is 7.35. The lowest BCUT2D eigenvalue weighted by Crippen LogP contribution is -2.31. The van der Waals surface area contributed by atoms with Crippen LogP contribution in [0, 0.1) is 0 Å². The lowest BCUT2D eigenvalue weighted by Gasteiger charge is -2.16. The number of carbonyl (C=O) groups is 1. The van der Waals surface area contributed by atoms with Gasteiger partial charge in [0.05, 0.1) is 16.7 Å². The maximum absolute atomic E-state index is 12.6. The Morgan fingerprint density at radius 2 is 1.90 bits per heavy atom. The highest BCUT2D eigenvalue weighted by Crippen LogP contribution is 2.30. The largest absolute Gasteiger partial charge is 0.439 e. The molecule has 6 nitrogen and oxygen atoms in total. The maximum Gasteiger partial charge on any atom is 0.417 e. The molecule has 0 saturated carbocycles. The van der Waals surface area contributed by atoms with Gasteiger partial charge in [-0.2, -0.15) is 13.2 Å². The third kappa shape index (κ3) is 5.66. The van der Waals surface area contributed by atoms with Crippen molar-refractivity contribution < 1.29 is 27.8 Å². The Morgan fingerprint density at radius 3 is 2.53 bits per heavy atom. The molecule has 2 heterocycles. The summed E-state index contributed by atoms with van der Waals surface area (Å²) in [6.07, 6.45) is -3.34. The lowest BCUT2D eigenvalue weighted by molar-refractivity contribution is -0.137. The fraction of sp³-hybridized carbons (Fsp3) is 0.286. The molecule has 0 unspecified atom stereocenters. The van der Waals surface area contributed by atoms with E-state index in [1.807, 2.05) is 0 Å². The molecular weight excluding hydrogens is 399 g/mol. The van der Waals surface area contributed by atoms with Crippen molar-refractivity contribution in [3.05, 3.63) is 59.9 Å². The molecule has 2 aromatic heterocycles. The molecule has 30 heavy (non-hydrogen) atoms. The van der Waals surface area contributed by atoms with Crippen LogP contribution in [-0.4, -0.2) is 33.1 Å². The number of fused-ring (bicyclic) bond motifs is 1. The van der Waals surface area contributed by atoms with Gasteiger partial charge in [-0.3, -0.25) is 4.79 Å². The molecule has 3 aromatic rings. The Balaban J connectivity index is 1.70. The number of rotatable bonds is 6. The molecule has 1 aromatic carbocycles. The molecule has 0 fully saturated rings. The number of hydrogen-bond acceptors (Lipinski definition) is 5. The standard InChI is InChI=1S/C21H20F3N3O3/c1-20(2,29)9-10-25-19(28)17-6-3-13-11-15(5-7-16(13)27-17)30-18-8-4-14(12-26-18)21(22,23)24/h3-8,11-12,29H,9-10H2,1-2H3,(H,25,28). The van der Waals surface area contributed by atoms with Crippen molar-refractivity contribution in [1.82, 2.24) is 15.3 Å². The summed E-state index contributed by atoms with van der Waals surface area (Å²) in [6, 6.07) is 10.2. The molecule has 158 valence electrons. The summed E-state index contributed by atoms with van der Waals surface area (Å²) < 4.78 is 43.3. The predicted octanol–water partition coefficient (Wildman–Crippen LogP) is 4.33. The van der Waals surface area contributed by atoms with Crippen molar-refractivity contribution in [2.45, 2.75) is 32.0 Å². The molecule has 2 N–H and O–H groups in total. The second kappa shape index (κ2) is 8.27. The number of hydrogen-bond donors (Lipinski definition) is 2. The highest BCUT2D eigenvalue weighted by atomic mass is 19.4. The van der Waals surface area contributed by atoms with E-state index in [9.17, 15) is 23.1 Å². The third-order valence-electron chi connectivity index (χ3n) is 4.20. The van der Waals surface area contributed by atoms with Gasteiger partial charge in [-0.25, -0.2) is 9.97 Å². The van der Waals surface area contributed by atoms with Gasteiger partial charge in [0, 0.05) is 24.2 Å². The first-order valence-electron chi connectivity index (χ1n) is 9.14. The molecule has 0 bridgehead atoms. The lowest BCUT2D eigenvalue weighted by atomic mass is 10.1. The first kappa shape index (κ1) is 21.5. The average Bonchev–Trinajstić information content (AvgIpc) is 2.66. The maximum atomic E-state index is 12.6. The summed E-state index contributed by atoms with van der Waals surface area (Å²) in [5, 5.41) is 13.1. The molecule has 0 saturated heterocycles. The molecule has 3 rings (SSSR count). The van der Waals surface area contributed by atoms with Gasteiger partial charge in [0.25, 0.3) is 5.91 Å². The van der Waals surface area contributed by atoms with Gasteiger partial charge in [-0.1, -0.05) is 6.07 Å². The normalized spacial score (nSPS) is 12.1. The number of amides is 1. The van der Waals surface area contributed by atoms with Gasteiger partial charge in [0.15, 0.2) is 0 Å². The number of aromatic nitrogens is 2. The molecule has 0 atom stereocenters. The molecule has 9 heteroatoms. The summed E-state index contributed by atoms with van der Waals surface area (Å²) in [5.41, 5.74) is -0.942. The van der Waals surface area contributed by atoms with Gasteiger partial charge in [-0.15, -0.1) is 0 Å². The average molecular weight is 419 g/mol. The van der Waals surface area contributed by atoms with E-state index in [1.165, 1.54) is 0 Å². The Labute approximate surface area is 170 Å². The van der Waals surface area contributed by atoms with E-state index in [-0.39, 0.29) is 17.5 Å². The Bertz CT molecular complexity index is 1050. The molecule has 0 aliphatic rings. The number of halogens is 3. The zero-order valence-corrected chi connectivity index (χ0v) is 16.3. The van der Waals surface area contributed by atoms with Crippen molar-refractivity contribution in [3.8, 4) is 11.6 Å². The van der Waals surface area contributed by atoms with Crippen LogP contribution >= 0.6 is 0 Å². The van der Waals surface area contributed by atoms with Crippen LogP contribution in [0.3, 0.4) is 0 Å². The van der Waals surface area contributed by atoms with Crippen LogP contribution in [0.1, 0.15) is 36.3 Å². The fourth-order valence-electron chi connectivity index (χ4n) is 2.60. The Morgan fingerprint density at radius 1 is 1.13 bits per heavy atom. The minimum atomic E-state index is -4.46. The number of nitrogens with one attached hydrogen (secondary N) is 1. The van der Waals surface area contributed by atoms with Crippen LogP contribution in [0.5, 0.6) is 11.6 Å². The van der Waals surface area contributed by atoms with E-state index in [0.717, 1.165) is 12.1 Å². The Kier molecular flexibility index (Phi) is 5.93. The Hall–Kier alpha value is -3.20. The fourth-order valence-corrected chi connectivity index (χ4v) is 2.60. The zero-order valence-electron chi connectivity index (χ0n) is 16.3. The molecule has 0 aliphatic heterocycles. The van der Waals surface area contributed by atoms with E-state index < -0.39 is 17.3 Å². The minimum absolute atomic E-state index is 0.0260. The molecule has 0 spiro atoms. The van der Waals surface area contributed by atoms with E-state index in [4.69, 9.17) is 4.74 Å². The quantitative estimate of drug-likeness (QED) is 0.621. The van der Waals surface area contributed by atoms with Crippen LogP contribution in [0.4, 0.5) is 13.2 Å². The summed E-state index contributed by atoms with van der Waals surface area (Å²) >= 11 is 0. The summed E-state index contributed by atoms with van der Waals surface area (Å²) in [7, 11) is 0. The van der Waals surface area contributed by atoms with E-state index >= 15 is 0 Å². The summed E-state index contributed by atoms with van der Waals surface area (Å²) in [4.78, 5) is 20.2. The molecule has 1 amide bonds. The SMILES string of the molecule is CC(C)(O)CCNC(=O)c1ccc2cc(Oc3ccc(C(F)(F)F)cn3)ccc2n1. The summed E-state index contributed by atoms with van der Waals surface area (Å²) in [5.74, 6) is 0.0486. The number of carbonyl (C=O) groups excluding carboxylic acids is 1. The van der Waals surface area contributed by atoms with Gasteiger partial charge in [0.1, 0.15) is 11.4 Å². The highest BCUT2D eigenvalue weighted by Gasteiger charge is 2.30. The monoisotopic (exact) mass is 419 g/mol. The number of nitrogens with zero attached hydrogens (tertiary/aromatic N) is 2. The van der Waals surface area contributed by atoms with Gasteiger partial charge in [-0.05, 0) is 50.6 Å². The van der Waals surface area contributed by atoms with Crippen molar-refractivity contribution in [1.29, 1.82) is 0 Å². The van der Waals surface area contributed by atoms with Crippen molar-refractivity contribution in [3.63, 3.8) is 0 Å². The van der Waals surface area contributed by atoms with Crippen LogP contribution < -0.4 is 10.1 Å². The molecule has 0 aliphatic carbocycles. The van der Waals surface area contributed by atoms with Crippen molar-refractivity contribution in [2.75, 3.05) is 6.54 Å². The second-order valence-electron chi connectivity index (χ2n) is 7.35. The van der Waals surface area contributed by atoms with Crippen molar-refractivity contribution >= 4 is 16.8 Å². The number of benzene rings is 1. The van der Waals surface area contributed by atoms with Crippen LogP contribution in [0.15, 0.2) is 48.7 Å². The van der Waals surface area contributed by atoms with Gasteiger partial charge < -0.3 is 15.2 Å². The summed E-state index contributed by atoms with van der Waals surface area (Å²) in [6.45, 7) is 3.63. The van der Waals surface area contributed by atoms with E-state index in [2.05, 4.69) is 15.3 Å². The van der Waals surface area contributed by atoms with Crippen molar-refractivity contribution in [2.24, 2.45) is 0 Å². The van der Waals surface area contributed by atoms with E-state index in [1.54, 1.807) is 44.2 Å². The number of ether oxygens (including phenoxy) is 1. The topological polar surface area (TPSA) is 84.3 Å². The highest BCUT2D eigenvalue weighted by molar-refractivity contribution is 5.95. The number of aliphatic hydroxyl groups is 1. The first-order chi connectivity index (χ1) is 14.0. The first-order valence-corrected chi connectivity index (χ1v) is 9.14. The molecule has 0 radical (unpaired) electrons. The molecular formula is C21H20F3N3O3. The van der Waals surface area contributed by atoms with Crippen LogP contribution in [-0.2, 0) is 6.18 Å². The minimum Gasteiger partial charge on any atom is -0.439 e. The third-order valence-corrected chi connectivity index (χ3v) is 4.20. The van der Waals surface area contributed by atoms with E-state index in [0.29, 0.717) is 35.8 Å².